The van der Waals surface area contributed by atoms with Gasteiger partial charge in [-0.15, -0.1) is 0 Å². The van der Waals surface area contributed by atoms with E-state index in [2.05, 4.69) is 18.8 Å². The molecule has 0 aromatic carbocycles. The van der Waals surface area contributed by atoms with Crippen molar-refractivity contribution in [1.29, 1.82) is 0 Å². The summed E-state index contributed by atoms with van der Waals surface area (Å²) in [5.74, 6) is 0.382. The number of rotatable bonds is 7. The van der Waals surface area contributed by atoms with E-state index in [0.717, 1.165) is 12.8 Å². The molecule has 0 unspecified atom stereocenters. The highest BCUT2D eigenvalue weighted by Gasteiger charge is 2.25. The Morgan fingerprint density at radius 2 is 1.95 bits per heavy atom. The van der Waals surface area contributed by atoms with E-state index in [1.807, 2.05) is 6.92 Å². The van der Waals surface area contributed by atoms with Crippen molar-refractivity contribution in [2.45, 2.75) is 38.5 Å². The van der Waals surface area contributed by atoms with Crippen molar-refractivity contribution in [3.63, 3.8) is 0 Å². The average molecular weight is 305 g/mol. The Morgan fingerprint density at radius 1 is 1.32 bits per heavy atom. The summed E-state index contributed by atoms with van der Waals surface area (Å²) in [6, 6.07) is 2.88. The summed E-state index contributed by atoms with van der Waals surface area (Å²) in [4.78, 5) is 4.02. The molecule has 108 valence electrons. The van der Waals surface area contributed by atoms with Gasteiger partial charge in [0.05, 0.1) is 4.90 Å². The molecule has 0 atom stereocenters. The Balaban J connectivity index is 3.02. The van der Waals surface area contributed by atoms with Crippen LogP contribution < -0.4 is 0 Å². The first kappa shape index (κ1) is 16.4. The van der Waals surface area contributed by atoms with Gasteiger partial charge < -0.3 is 0 Å². The van der Waals surface area contributed by atoms with Crippen LogP contribution in [0.15, 0.2) is 23.2 Å². The van der Waals surface area contributed by atoms with Crippen LogP contribution >= 0.6 is 11.6 Å². The van der Waals surface area contributed by atoms with Crippen LogP contribution in [0.5, 0.6) is 0 Å². The maximum Gasteiger partial charge on any atom is 0.243 e. The largest absolute Gasteiger partial charge is 0.244 e. The van der Waals surface area contributed by atoms with Crippen molar-refractivity contribution in [2.24, 2.45) is 5.92 Å². The maximum atomic E-state index is 12.5. The zero-order chi connectivity index (χ0) is 14.5. The van der Waals surface area contributed by atoms with Crippen LogP contribution in [0.25, 0.3) is 0 Å². The molecule has 0 spiro atoms. The summed E-state index contributed by atoms with van der Waals surface area (Å²) in [5.41, 5.74) is 0. The Labute approximate surface area is 120 Å². The van der Waals surface area contributed by atoms with Crippen LogP contribution in [0.2, 0.25) is 5.15 Å². The summed E-state index contributed by atoms with van der Waals surface area (Å²) in [7, 11) is -3.48. The molecule has 0 radical (unpaired) electrons. The van der Waals surface area contributed by atoms with Crippen LogP contribution in [-0.2, 0) is 10.0 Å². The second kappa shape index (κ2) is 7.22. The molecule has 4 nitrogen and oxygen atoms in total. The number of aromatic nitrogens is 1. The topological polar surface area (TPSA) is 50.3 Å². The van der Waals surface area contributed by atoms with Gasteiger partial charge in [0.25, 0.3) is 0 Å². The molecule has 0 aliphatic carbocycles. The van der Waals surface area contributed by atoms with Crippen molar-refractivity contribution in [2.75, 3.05) is 13.1 Å². The molecule has 1 heterocycles. The first-order chi connectivity index (χ1) is 8.95. The lowest BCUT2D eigenvalue weighted by atomic mass is 10.0. The predicted molar refractivity (Wildman–Crippen MR) is 77.8 cm³/mol. The minimum Gasteiger partial charge on any atom is -0.244 e. The van der Waals surface area contributed by atoms with Gasteiger partial charge in [0, 0.05) is 19.3 Å². The standard InChI is InChI=1S/C13H21ClN2O2S/c1-4-11(5-2)10-16(6-3)19(17,18)12-7-8-15-13(14)9-12/h7-9,11H,4-6,10H2,1-3H3. The summed E-state index contributed by atoms with van der Waals surface area (Å²) in [6.07, 6.45) is 3.36. The van der Waals surface area contributed by atoms with Gasteiger partial charge in [-0.05, 0) is 18.1 Å². The number of hydrogen-bond acceptors (Lipinski definition) is 3. The third kappa shape index (κ3) is 4.16. The molecule has 1 aromatic rings. The van der Waals surface area contributed by atoms with Crippen LogP contribution in [-0.4, -0.2) is 30.8 Å². The smallest absolute Gasteiger partial charge is 0.243 e. The fraction of sp³-hybridized carbons (Fsp3) is 0.615. The van der Waals surface area contributed by atoms with Crippen LogP contribution in [0.4, 0.5) is 0 Å². The fourth-order valence-electron chi connectivity index (χ4n) is 1.93. The highest BCUT2D eigenvalue weighted by atomic mass is 35.5. The Bertz CT molecular complexity index is 501. The first-order valence-electron chi connectivity index (χ1n) is 6.57. The van der Waals surface area contributed by atoms with Gasteiger partial charge >= 0.3 is 0 Å². The molecule has 0 saturated heterocycles. The minimum absolute atomic E-state index is 0.194. The van der Waals surface area contributed by atoms with Crippen LogP contribution in [0.1, 0.15) is 33.6 Å². The molecule has 0 saturated carbocycles. The summed E-state index contributed by atoms with van der Waals surface area (Å²) >= 11 is 5.76. The van der Waals surface area contributed by atoms with Gasteiger partial charge in [0.15, 0.2) is 0 Å². The molecule has 0 amide bonds. The van der Waals surface area contributed by atoms with Gasteiger partial charge in [0.2, 0.25) is 10.0 Å². The van der Waals surface area contributed by atoms with E-state index < -0.39 is 10.0 Å². The lowest BCUT2D eigenvalue weighted by molar-refractivity contribution is 0.339. The van der Waals surface area contributed by atoms with Crippen molar-refractivity contribution < 1.29 is 8.42 Å². The number of pyridine rings is 1. The Morgan fingerprint density at radius 3 is 2.42 bits per heavy atom. The van der Waals surface area contributed by atoms with Gasteiger partial charge in [-0.25, -0.2) is 13.4 Å². The second-order valence-corrected chi connectivity index (χ2v) is 6.78. The summed E-state index contributed by atoms with van der Waals surface area (Å²) in [5, 5.41) is 0.194. The molecule has 0 aliphatic heterocycles. The third-order valence-corrected chi connectivity index (χ3v) is 5.45. The molecule has 1 rings (SSSR count). The van der Waals surface area contributed by atoms with Crippen LogP contribution in [0, 0.1) is 5.92 Å². The van der Waals surface area contributed by atoms with E-state index >= 15 is 0 Å². The number of hydrogen-bond donors (Lipinski definition) is 0. The lowest BCUT2D eigenvalue weighted by Crippen LogP contribution is -2.35. The van der Waals surface area contributed by atoms with Gasteiger partial charge in [-0.3, -0.25) is 0 Å². The molecule has 0 aliphatic rings. The predicted octanol–water partition coefficient (Wildman–Crippen LogP) is 3.18. The SMILES string of the molecule is CCC(CC)CN(CC)S(=O)(=O)c1ccnc(Cl)c1. The van der Waals surface area contributed by atoms with Crippen molar-refractivity contribution >= 4 is 21.6 Å². The molecule has 0 bridgehead atoms. The highest BCUT2D eigenvalue weighted by molar-refractivity contribution is 7.89. The van der Waals surface area contributed by atoms with E-state index in [1.165, 1.54) is 22.6 Å². The quantitative estimate of drug-likeness (QED) is 0.727. The summed E-state index contributed by atoms with van der Waals surface area (Å²) in [6.45, 7) is 7.02. The van der Waals surface area contributed by atoms with E-state index in [1.54, 1.807) is 0 Å². The van der Waals surface area contributed by atoms with Gasteiger partial charge in [-0.1, -0.05) is 45.2 Å². The minimum atomic E-state index is -3.48. The fourth-order valence-corrected chi connectivity index (χ4v) is 3.70. The molecule has 19 heavy (non-hydrogen) atoms. The number of sulfonamides is 1. The van der Waals surface area contributed by atoms with Crippen molar-refractivity contribution in [1.82, 2.24) is 9.29 Å². The van der Waals surface area contributed by atoms with Crippen molar-refractivity contribution in [3.05, 3.63) is 23.5 Å². The Hall–Kier alpha value is -0.650. The second-order valence-electron chi connectivity index (χ2n) is 4.45. The molecule has 1 aromatic heterocycles. The molecular weight excluding hydrogens is 284 g/mol. The normalized spacial score (nSPS) is 12.3. The molecule has 6 heteroatoms. The van der Waals surface area contributed by atoms with E-state index in [9.17, 15) is 8.42 Å². The third-order valence-electron chi connectivity index (χ3n) is 3.31. The first-order valence-corrected chi connectivity index (χ1v) is 8.39. The highest BCUT2D eigenvalue weighted by Crippen LogP contribution is 2.20. The van der Waals surface area contributed by atoms with Gasteiger partial charge in [-0.2, -0.15) is 4.31 Å². The van der Waals surface area contributed by atoms with Crippen LogP contribution in [0.3, 0.4) is 0 Å². The molecule has 0 N–H and O–H groups in total. The number of nitrogens with zero attached hydrogens (tertiary/aromatic N) is 2. The van der Waals surface area contributed by atoms with Gasteiger partial charge in [0.1, 0.15) is 5.15 Å². The number of halogens is 1. The zero-order valence-corrected chi connectivity index (χ0v) is 13.2. The summed E-state index contributed by atoms with van der Waals surface area (Å²) < 4.78 is 26.6. The zero-order valence-electron chi connectivity index (χ0n) is 11.6. The van der Waals surface area contributed by atoms with E-state index in [4.69, 9.17) is 11.6 Å². The monoisotopic (exact) mass is 304 g/mol. The molecule has 0 fully saturated rings. The maximum absolute atomic E-state index is 12.5. The Kier molecular flexibility index (Phi) is 6.23. The lowest BCUT2D eigenvalue weighted by Gasteiger charge is -2.24. The van der Waals surface area contributed by atoms with E-state index in [0.29, 0.717) is 19.0 Å². The van der Waals surface area contributed by atoms with E-state index in [-0.39, 0.29) is 10.0 Å². The van der Waals surface area contributed by atoms with Crippen molar-refractivity contribution in [3.8, 4) is 0 Å². The molecular formula is C13H21ClN2O2S. The average Bonchev–Trinajstić information content (AvgIpc) is 2.40.